The average Bonchev–Trinajstić information content (AvgIpc) is 2.27. The van der Waals surface area contributed by atoms with E-state index >= 15 is 0 Å². The van der Waals surface area contributed by atoms with Gasteiger partial charge in [-0.1, -0.05) is 32.9 Å². The number of methoxy groups -OCH3 is 1. The quantitative estimate of drug-likeness (QED) is 0.789. The summed E-state index contributed by atoms with van der Waals surface area (Å²) in [7, 11) is 1.66. The number of nitrogens with zero attached hydrogens (tertiary/aromatic N) is 1. The maximum atomic E-state index is 9.52. The van der Waals surface area contributed by atoms with Crippen molar-refractivity contribution in [2.24, 2.45) is 11.3 Å². The van der Waals surface area contributed by atoms with Gasteiger partial charge in [0.05, 0.1) is 18.6 Å². The number of hydrogen-bond acceptors (Lipinski definition) is 2. The Morgan fingerprint density at radius 3 is 2.17 bits per heavy atom. The van der Waals surface area contributed by atoms with Crippen LogP contribution < -0.4 is 4.74 Å². The van der Waals surface area contributed by atoms with E-state index in [-0.39, 0.29) is 5.41 Å². The van der Waals surface area contributed by atoms with Crippen LogP contribution in [-0.4, -0.2) is 7.11 Å². The molecule has 1 fully saturated rings. The molecule has 1 aliphatic rings. The van der Waals surface area contributed by atoms with Crippen LogP contribution in [0.1, 0.15) is 39.2 Å². The van der Waals surface area contributed by atoms with E-state index in [1.54, 1.807) is 7.11 Å². The lowest BCUT2D eigenvalue weighted by atomic mass is 9.53. The zero-order chi connectivity index (χ0) is 13.4. The fraction of sp³-hybridized carbons (Fsp3) is 0.562. The predicted molar refractivity (Wildman–Crippen MR) is 72.5 cm³/mol. The second kappa shape index (κ2) is 4.31. The van der Waals surface area contributed by atoms with Gasteiger partial charge in [0.1, 0.15) is 5.75 Å². The average molecular weight is 243 g/mol. The molecular formula is C16H21NO. The van der Waals surface area contributed by atoms with Crippen molar-refractivity contribution in [3.05, 3.63) is 29.8 Å². The van der Waals surface area contributed by atoms with E-state index in [0.717, 1.165) is 24.2 Å². The molecule has 0 saturated heterocycles. The van der Waals surface area contributed by atoms with Crippen LogP contribution in [0.5, 0.6) is 5.75 Å². The van der Waals surface area contributed by atoms with Crippen molar-refractivity contribution in [2.45, 2.75) is 39.0 Å². The van der Waals surface area contributed by atoms with Crippen molar-refractivity contribution < 1.29 is 4.74 Å². The molecule has 96 valence electrons. The third-order valence-electron chi connectivity index (χ3n) is 4.27. The van der Waals surface area contributed by atoms with E-state index in [1.807, 2.05) is 24.3 Å². The molecular weight excluding hydrogens is 222 g/mol. The molecule has 2 heteroatoms. The highest BCUT2D eigenvalue weighted by atomic mass is 16.5. The first-order valence-electron chi connectivity index (χ1n) is 6.47. The largest absolute Gasteiger partial charge is 0.497 e. The molecule has 0 amide bonds. The molecule has 1 aliphatic carbocycles. The second-order valence-corrected chi connectivity index (χ2v) is 6.39. The van der Waals surface area contributed by atoms with Gasteiger partial charge in [-0.05, 0) is 41.9 Å². The molecule has 0 N–H and O–H groups in total. The molecule has 2 rings (SSSR count). The lowest BCUT2D eigenvalue weighted by Gasteiger charge is -2.49. The van der Waals surface area contributed by atoms with Crippen LogP contribution in [0.15, 0.2) is 24.3 Å². The Balaban J connectivity index is 2.19. The maximum absolute atomic E-state index is 9.52. The molecule has 2 nitrogen and oxygen atoms in total. The molecule has 1 saturated carbocycles. The summed E-state index contributed by atoms with van der Waals surface area (Å²) < 4.78 is 5.16. The van der Waals surface area contributed by atoms with Crippen LogP contribution >= 0.6 is 0 Å². The highest BCUT2D eigenvalue weighted by Crippen LogP contribution is 2.54. The zero-order valence-electron chi connectivity index (χ0n) is 11.7. The molecule has 0 heterocycles. The Morgan fingerprint density at radius 1 is 1.22 bits per heavy atom. The minimum absolute atomic E-state index is 0.274. The molecule has 0 radical (unpaired) electrons. The lowest BCUT2D eigenvalue weighted by molar-refractivity contribution is 0.0782. The molecule has 0 aromatic heterocycles. The molecule has 0 spiro atoms. The van der Waals surface area contributed by atoms with Gasteiger partial charge < -0.3 is 4.74 Å². The summed E-state index contributed by atoms with van der Waals surface area (Å²) in [5.41, 5.74) is 1.16. The second-order valence-electron chi connectivity index (χ2n) is 6.39. The Kier molecular flexibility index (Phi) is 3.11. The van der Waals surface area contributed by atoms with Crippen LogP contribution in [0, 0.1) is 22.7 Å². The molecule has 0 aliphatic heterocycles. The Labute approximate surface area is 110 Å². The van der Waals surface area contributed by atoms with Gasteiger partial charge in [-0.15, -0.1) is 0 Å². The number of hydrogen-bond donors (Lipinski definition) is 0. The van der Waals surface area contributed by atoms with Gasteiger partial charge >= 0.3 is 0 Å². The molecule has 0 atom stereocenters. The summed E-state index contributed by atoms with van der Waals surface area (Å²) in [6, 6.07) is 10.5. The van der Waals surface area contributed by atoms with E-state index in [0.29, 0.717) is 11.3 Å². The number of benzene rings is 1. The van der Waals surface area contributed by atoms with Crippen molar-refractivity contribution in [3.8, 4) is 11.8 Å². The van der Waals surface area contributed by atoms with Crippen molar-refractivity contribution in [2.75, 3.05) is 7.11 Å². The van der Waals surface area contributed by atoms with Crippen LogP contribution in [0.2, 0.25) is 0 Å². The topological polar surface area (TPSA) is 33.0 Å². The fourth-order valence-electron chi connectivity index (χ4n) is 2.70. The van der Waals surface area contributed by atoms with E-state index in [9.17, 15) is 5.26 Å². The van der Waals surface area contributed by atoms with Crippen LogP contribution in [-0.2, 0) is 5.41 Å². The molecule has 1 aromatic carbocycles. The molecule has 1 aromatic rings. The van der Waals surface area contributed by atoms with Crippen molar-refractivity contribution in [1.29, 1.82) is 5.26 Å². The number of ether oxygens (including phenoxy) is 1. The first-order valence-corrected chi connectivity index (χ1v) is 6.47. The lowest BCUT2D eigenvalue weighted by Crippen LogP contribution is -2.45. The van der Waals surface area contributed by atoms with E-state index in [2.05, 4.69) is 26.8 Å². The third-order valence-corrected chi connectivity index (χ3v) is 4.27. The smallest absolute Gasteiger partial charge is 0.118 e. The zero-order valence-corrected chi connectivity index (χ0v) is 11.7. The van der Waals surface area contributed by atoms with E-state index < -0.39 is 0 Å². The van der Waals surface area contributed by atoms with Crippen molar-refractivity contribution in [3.63, 3.8) is 0 Å². The Hall–Kier alpha value is -1.49. The van der Waals surface area contributed by atoms with Gasteiger partial charge in [-0.3, -0.25) is 0 Å². The first kappa shape index (κ1) is 13.0. The van der Waals surface area contributed by atoms with Crippen molar-refractivity contribution >= 4 is 0 Å². The van der Waals surface area contributed by atoms with Gasteiger partial charge in [-0.25, -0.2) is 0 Å². The van der Waals surface area contributed by atoms with Crippen LogP contribution in [0.4, 0.5) is 0 Å². The minimum Gasteiger partial charge on any atom is -0.497 e. The maximum Gasteiger partial charge on any atom is 0.118 e. The SMILES string of the molecule is COc1ccc(C2(C#N)CC(C(C)(C)C)C2)cc1. The predicted octanol–water partition coefficient (Wildman–Crippen LogP) is 3.91. The van der Waals surface area contributed by atoms with E-state index in [1.165, 1.54) is 0 Å². The Bertz CT molecular complexity index is 455. The monoisotopic (exact) mass is 243 g/mol. The summed E-state index contributed by atoms with van der Waals surface area (Å²) >= 11 is 0. The number of nitriles is 1. The normalized spacial score (nSPS) is 27.2. The summed E-state index contributed by atoms with van der Waals surface area (Å²) in [4.78, 5) is 0. The van der Waals surface area contributed by atoms with Gasteiger partial charge in [0, 0.05) is 0 Å². The van der Waals surface area contributed by atoms with Crippen LogP contribution in [0.3, 0.4) is 0 Å². The van der Waals surface area contributed by atoms with Gasteiger partial charge in [0.25, 0.3) is 0 Å². The molecule has 0 unspecified atom stereocenters. The van der Waals surface area contributed by atoms with Crippen molar-refractivity contribution in [1.82, 2.24) is 0 Å². The fourth-order valence-corrected chi connectivity index (χ4v) is 2.70. The Morgan fingerprint density at radius 2 is 1.78 bits per heavy atom. The standard InChI is InChI=1S/C16H21NO/c1-15(2,3)13-9-16(10-13,11-17)12-5-7-14(18-4)8-6-12/h5-8,13H,9-10H2,1-4H3. The highest BCUT2D eigenvalue weighted by Gasteiger charge is 2.49. The highest BCUT2D eigenvalue weighted by molar-refractivity contribution is 5.39. The summed E-state index contributed by atoms with van der Waals surface area (Å²) in [6.07, 6.45) is 1.94. The minimum atomic E-state index is -0.274. The van der Waals surface area contributed by atoms with Gasteiger partial charge in [-0.2, -0.15) is 5.26 Å². The van der Waals surface area contributed by atoms with Gasteiger partial charge in [0.15, 0.2) is 0 Å². The number of rotatable bonds is 2. The van der Waals surface area contributed by atoms with Crippen LogP contribution in [0.25, 0.3) is 0 Å². The van der Waals surface area contributed by atoms with E-state index in [4.69, 9.17) is 4.74 Å². The first-order chi connectivity index (χ1) is 8.41. The summed E-state index contributed by atoms with van der Waals surface area (Å²) in [6.45, 7) is 6.77. The summed E-state index contributed by atoms with van der Waals surface area (Å²) in [5, 5.41) is 9.52. The summed E-state index contributed by atoms with van der Waals surface area (Å²) in [5.74, 6) is 1.48. The molecule has 0 bridgehead atoms. The van der Waals surface area contributed by atoms with Gasteiger partial charge in [0.2, 0.25) is 0 Å². The molecule has 18 heavy (non-hydrogen) atoms. The third kappa shape index (κ3) is 2.10.